The lowest BCUT2D eigenvalue weighted by Crippen LogP contribution is -2.25. The molecule has 2 heterocycles. The number of hydrogen-bond acceptors (Lipinski definition) is 4. The van der Waals surface area contributed by atoms with Crippen molar-refractivity contribution in [2.45, 2.75) is 33.7 Å². The number of carbonyl (C=O) groups excluding carboxylic acids is 1. The molecule has 1 amide bonds. The minimum Gasteiger partial charge on any atom is -0.492 e. The second-order valence-electron chi connectivity index (χ2n) is 7.58. The van der Waals surface area contributed by atoms with Gasteiger partial charge in [0.1, 0.15) is 11.4 Å². The Morgan fingerprint density at radius 3 is 2.53 bits per heavy atom. The third-order valence-corrected chi connectivity index (χ3v) is 5.32. The van der Waals surface area contributed by atoms with Crippen LogP contribution in [0.1, 0.15) is 24.6 Å². The van der Waals surface area contributed by atoms with E-state index in [9.17, 15) is 9.59 Å². The molecule has 0 bridgehead atoms. The van der Waals surface area contributed by atoms with Crippen molar-refractivity contribution in [2.24, 2.45) is 0 Å². The van der Waals surface area contributed by atoms with Gasteiger partial charge >= 0.3 is 0 Å². The van der Waals surface area contributed by atoms with Crippen molar-refractivity contribution in [3.05, 3.63) is 82.3 Å². The fourth-order valence-corrected chi connectivity index (χ4v) is 3.91. The molecule has 2 aromatic carbocycles. The highest BCUT2D eigenvalue weighted by molar-refractivity contribution is 5.92. The van der Waals surface area contributed by atoms with Crippen LogP contribution in [-0.4, -0.2) is 26.9 Å². The van der Waals surface area contributed by atoms with Crippen LogP contribution >= 0.6 is 0 Å². The van der Waals surface area contributed by atoms with E-state index < -0.39 is 0 Å². The van der Waals surface area contributed by atoms with E-state index in [1.807, 2.05) is 69.3 Å². The van der Waals surface area contributed by atoms with Gasteiger partial charge in [0.15, 0.2) is 0 Å². The highest BCUT2D eigenvalue weighted by Gasteiger charge is 2.18. The van der Waals surface area contributed by atoms with Gasteiger partial charge in [-0.2, -0.15) is 5.10 Å². The Balaban J connectivity index is 1.66. The molecular weight excluding hydrogens is 404 g/mol. The summed E-state index contributed by atoms with van der Waals surface area (Å²) in [7, 11) is 0. The molecule has 2 aromatic heterocycles. The summed E-state index contributed by atoms with van der Waals surface area (Å²) in [5, 5.41) is 8.51. The second kappa shape index (κ2) is 9.09. The molecule has 0 aliphatic rings. The van der Waals surface area contributed by atoms with Crippen molar-refractivity contribution in [3.8, 4) is 11.4 Å². The molecule has 4 rings (SSSR count). The first kappa shape index (κ1) is 21.4. The first-order chi connectivity index (χ1) is 15.5. The molecule has 4 aromatic rings. The summed E-state index contributed by atoms with van der Waals surface area (Å²) < 4.78 is 8.98. The van der Waals surface area contributed by atoms with Gasteiger partial charge in [-0.1, -0.05) is 30.3 Å². The second-order valence-corrected chi connectivity index (χ2v) is 7.58. The topological polar surface area (TPSA) is 78.2 Å². The van der Waals surface area contributed by atoms with E-state index in [-0.39, 0.29) is 24.4 Å². The minimum absolute atomic E-state index is 0.136. The molecular formula is C25H26N4O3. The number of hydrogen-bond donors (Lipinski definition) is 1. The Morgan fingerprint density at radius 2 is 1.78 bits per heavy atom. The van der Waals surface area contributed by atoms with E-state index in [0.717, 1.165) is 22.3 Å². The largest absolute Gasteiger partial charge is 0.492 e. The van der Waals surface area contributed by atoms with Crippen molar-refractivity contribution in [1.82, 2.24) is 14.3 Å². The number of pyridine rings is 1. The first-order valence-electron chi connectivity index (χ1n) is 10.7. The maximum atomic E-state index is 12.9. The number of nitrogens with zero attached hydrogens (tertiary/aromatic N) is 3. The van der Waals surface area contributed by atoms with E-state index >= 15 is 0 Å². The highest BCUT2D eigenvalue weighted by Crippen LogP contribution is 2.25. The average Bonchev–Trinajstić information content (AvgIpc) is 3.13. The molecule has 0 radical (unpaired) electrons. The van der Waals surface area contributed by atoms with Crippen LogP contribution in [0.3, 0.4) is 0 Å². The molecule has 0 spiro atoms. The molecule has 0 saturated heterocycles. The Kier molecular flexibility index (Phi) is 6.07. The van der Waals surface area contributed by atoms with E-state index in [2.05, 4.69) is 10.4 Å². The quantitative estimate of drug-likeness (QED) is 0.476. The van der Waals surface area contributed by atoms with Gasteiger partial charge in [-0.3, -0.25) is 14.2 Å². The van der Waals surface area contributed by atoms with Crippen molar-refractivity contribution in [3.63, 3.8) is 0 Å². The van der Waals surface area contributed by atoms with Gasteiger partial charge < -0.3 is 10.1 Å². The Hall–Kier alpha value is -3.87. The minimum atomic E-state index is -0.194. The van der Waals surface area contributed by atoms with Crippen LogP contribution in [0.5, 0.6) is 5.75 Å². The third kappa shape index (κ3) is 4.14. The van der Waals surface area contributed by atoms with Gasteiger partial charge in [-0.15, -0.1) is 0 Å². The van der Waals surface area contributed by atoms with Gasteiger partial charge in [0.05, 0.1) is 23.7 Å². The zero-order chi connectivity index (χ0) is 22.7. The third-order valence-electron chi connectivity index (χ3n) is 5.32. The monoisotopic (exact) mass is 430 g/mol. The Morgan fingerprint density at radius 1 is 1.06 bits per heavy atom. The van der Waals surface area contributed by atoms with Crippen LogP contribution in [0.15, 0.2) is 65.5 Å². The number of carbonyl (C=O) groups is 1. The molecule has 0 unspecified atom stereocenters. The molecule has 7 heteroatoms. The molecule has 0 saturated carbocycles. The number of benzene rings is 2. The van der Waals surface area contributed by atoms with Crippen molar-refractivity contribution in [1.29, 1.82) is 0 Å². The lowest BCUT2D eigenvalue weighted by Gasteiger charge is -2.14. The molecule has 164 valence electrons. The van der Waals surface area contributed by atoms with E-state index in [0.29, 0.717) is 23.7 Å². The Labute approximate surface area is 186 Å². The van der Waals surface area contributed by atoms with Crippen molar-refractivity contribution in [2.75, 3.05) is 11.9 Å². The number of ether oxygens (including phenoxy) is 1. The SMILES string of the molecule is CCOc1ccccc1NC(=O)CCn1c(=O)cc(C)c2c(C)nn(-c3ccccc3)c21. The van der Waals surface area contributed by atoms with Crippen LogP contribution in [0.25, 0.3) is 16.7 Å². The van der Waals surface area contributed by atoms with Crippen LogP contribution in [-0.2, 0) is 11.3 Å². The van der Waals surface area contributed by atoms with Crippen molar-refractivity contribution >= 4 is 22.6 Å². The maximum absolute atomic E-state index is 12.9. The summed E-state index contributed by atoms with van der Waals surface area (Å²) in [4.78, 5) is 25.6. The van der Waals surface area contributed by atoms with Gasteiger partial charge in [0.2, 0.25) is 5.91 Å². The smallest absolute Gasteiger partial charge is 0.252 e. The predicted octanol–water partition coefficient (Wildman–Crippen LogP) is 4.23. The maximum Gasteiger partial charge on any atom is 0.252 e. The number of para-hydroxylation sites is 3. The molecule has 1 N–H and O–H groups in total. The van der Waals surface area contributed by atoms with Crippen LogP contribution in [0.4, 0.5) is 5.69 Å². The van der Waals surface area contributed by atoms with Crippen LogP contribution < -0.4 is 15.6 Å². The van der Waals surface area contributed by atoms with E-state index in [1.165, 1.54) is 0 Å². The standard InChI is InChI=1S/C25H26N4O3/c1-4-32-21-13-9-8-12-20(21)26-22(30)14-15-28-23(31)16-17(2)24-18(3)27-29(25(24)28)19-10-6-5-7-11-19/h5-13,16H,4,14-15H2,1-3H3,(H,26,30). The van der Waals surface area contributed by atoms with Gasteiger partial charge in [-0.25, -0.2) is 4.68 Å². The number of anilines is 1. The number of aromatic nitrogens is 3. The number of fused-ring (bicyclic) bond motifs is 1. The van der Waals surface area contributed by atoms with Crippen LogP contribution in [0.2, 0.25) is 0 Å². The summed E-state index contributed by atoms with van der Waals surface area (Å²) in [5.41, 5.74) is 3.72. The summed E-state index contributed by atoms with van der Waals surface area (Å²) in [5.74, 6) is 0.427. The molecule has 0 fully saturated rings. The highest BCUT2D eigenvalue weighted by atomic mass is 16.5. The molecule has 7 nitrogen and oxygen atoms in total. The number of nitrogens with one attached hydrogen (secondary N) is 1. The predicted molar refractivity (Wildman–Crippen MR) is 126 cm³/mol. The number of amides is 1. The summed E-state index contributed by atoms with van der Waals surface area (Å²) in [6.45, 7) is 6.48. The van der Waals surface area contributed by atoms with Crippen molar-refractivity contribution < 1.29 is 9.53 Å². The zero-order valence-electron chi connectivity index (χ0n) is 18.5. The first-order valence-corrected chi connectivity index (χ1v) is 10.7. The molecule has 32 heavy (non-hydrogen) atoms. The normalized spacial score (nSPS) is 11.0. The average molecular weight is 431 g/mol. The lowest BCUT2D eigenvalue weighted by molar-refractivity contribution is -0.116. The zero-order valence-corrected chi connectivity index (χ0v) is 18.5. The summed E-state index contributed by atoms with van der Waals surface area (Å²) in [6.07, 6.45) is 0.136. The lowest BCUT2D eigenvalue weighted by atomic mass is 10.1. The molecule has 0 aliphatic heterocycles. The number of aryl methyl sites for hydroxylation is 3. The van der Waals surface area contributed by atoms with E-state index in [1.54, 1.807) is 21.4 Å². The number of rotatable bonds is 7. The summed E-state index contributed by atoms with van der Waals surface area (Å²) in [6, 6.07) is 18.6. The fraction of sp³-hybridized carbons (Fsp3) is 0.240. The summed E-state index contributed by atoms with van der Waals surface area (Å²) >= 11 is 0. The van der Waals surface area contributed by atoms with Crippen LogP contribution in [0, 0.1) is 13.8 Å². The van der Waals surface area contributed by atoms with Gasteiger partial charge in [0, 0.05) is 24.4 Å². The molecule has 0 atom stereocenters. The fourth-order valence-electron chi connectivity index (χ4n) is 3.91. The molecule has 0 aliphatic carbocycles. The Bertz CT molecular complexity index is 1320. The van der Waals surface area contributed by atoms with Gasteiger partial charge in [-0.05, 0) is 50.6 Å². The van der Waals surface area contributed by atoms with Gasteiger partial charge in [0.25, 0.3) is 5.56 Å². The van der Waals surface area contributed by atoms with E-state index in [4.69, 9.17) is 4.74 Å².